The SMILES string of the molecule is CC(C)(C)c1ccccc1NC(=O)C1CC(N)C1. The molecule has 0 bridgehead atoms. The van der Waals surface area contributed by atoms with Gasteiger partial charge in [0.25, 0.3) is 0 Å². The normalized spacial score (nSPS) is 23.3. The Balaban J connectivity index is 2.12. The summed E-state index contributed by atoms with van der Waals surface area (Å²) in [6, 6.07) is 8.21. The quantitative estimate of drug-likeness (QED) is 0.843. The van der Waals surface area contributed by atoms with Crippen LogP contribution in [0.25, 0.3) is 0 Å². The van der Waals surface area contributed by atoms with Gasteiger partial charge in [-0.1, -0.05) is 39.0 Å². The number of amides is 1. The molecule has 3 N–H and O–H groups in total. The lowest BCUT2D eigenvalue weighted by Gasteiger charge is -2.32. The third kappa shape index (κ3) is 2.72. The maximum atomic E-state index is 12.1. The average Bonchev–Trinajstić information content (AvgIpc) is 2.24. The minimum atomic E-state index is 0.0277. The second kappa shape index (κ2) is 4.73. The molecule has 1 aliphatic carbocycles. The molecule has 2 rings (SSSR count). The highest BCUT2D eigenvalue weighted by Gasteiger charge is 2.32. The molecule has 1 fully saturated rings. The third-order valence-electron chi connectivity index (χ3n) is 3.54. The highest BCUT2D eigenvalue weighted by atomic mass is 16.1. The molecule has 0 unspecified atom stereocenters. The van der Waals surface area contributed by atoms with Crippen molar-refractivity contribution in [2.75, 3.05) is 5.32 Å². The third-order valence-corrected chi connectivity index (χ3v) is 3.54. The largest absolute Gasteiger partial charge is 0.328 e. The molecule has 1 aromatic rings. The maximum Gasteiger partial charge on any atom is 0.227 e. The summed E-state index contributed by atoms with van der Waals surface area (Å²) in [6.45, 7) is 6.45. The number of anilines is 1. The fraction of sp³-hybridized carbons (Fsp3) is 0.533. The first-order valence-corrected chi connectivity index (χ1v) is 6.54. The van der Waals surface area contributed by atoms with E-state index in [9.17, 15) is 4.79 Å². The molecule has 1 saturated carbocycles. The summed E-state index contributed by atoms with van der Waals surface area (Å²) in [5.74, 6) is 0.196. The maximum absolute atomic E-state index is 12.1. The van der Waals surface area contributed by atoms with Gasteiger partial charge in [0.1, 0.15) is 0 Å². The van der Waals surface area contributed by atoms with Gasteiger partial charge in [0.2, 0.25) is 5.91 Å². The molecule has 98 valence electrons. The molecular formula is C15H22N2O. The van der Waals surface area contributed by atoms with E-state index < -0.39 is 0 Å². The van der Waals surface area contributed by atoms with E-state index >= 15 is 0 Å². The van der Waals surface area contributed by atoms with Crippen molar-refractivity contribution < 1.29 is 4.79 Å². The number of rotatable bonds is 2. The molecule has 0 spiro atoms. The topological polar surface area (TPSA) is 55.1 Å². The molecule has 1 aliphatic rings. The lowest BCUT2D eigenvalue weighted by Crippen LogP contribution is -2.42. The van der Waals surface area contributed by atoms with E-state index in [-0.39, 0.29) is 23.3 Å². The van der Waals surface area contributed by atoms with Crippen LogP contribution >= 0.6 is 0 Å². The Labute approximate surface area is 109 Å². The average molecular weight is 246 g/mol. The summed E-state index contributed by atoms with van der Waals surface area (Å²) >= 11 is 0. The minimum absolute atomic E-state index is 0.0277. The van der Waals surface area contributed by atoms with Gasteiger partial charge in [-0.05, 0) is 29.9 Å². The van der Waals surface area contributed by atoms with Crippen LogP contribution in [0.15, 0.2) is 24.3 Å². The zero-order chi connectivity index (χ0) is 13.3. The molecule has 0 heterocycles. The Morgan fingerprint density at radius 2 is 1.89 bits per heavy atom. The van der Waals surface area contributed by atoms with Crippen LogP contribution in [0.2, 0.25) is 0 Å². The fourth-order valence-corrected chi connectivity index (χ4v) is 2.36. The van der Waals surface area contributed by atoms with Crippen LogP contribution in [0.5, 0.6) is 0 Å². The fourth-order valence-electron chi connectivity index (χ4n) is 2.36. The Kier molecular flexibility index (Phi) is 3.44. The summed E-state index contributed by atoms with van der Waals surface area (Å²) in [6.07, 6.45) is 1.62. The van der Waals surface area contributed by atoms with Gasteiger partial charge in [0.15, 0.2) is 0 Å². The Morgan fingerprint density at radius 1 is 1.28 bits per heavy atom. The van der Waals surface area contributed by atoms with Gasteiger partial charge < -0.3 is 11.1 Å². The van der Waals surface area contributed by atoms with Crippen molar-refractivity contribution in [3.8, 4) is 0 Å². The lowest BCUT2D eigenvalue weighted by molar-refractivity contribution is -0.122. The van der Waals surface area contributed by atoms with E-state index in [1.807, 2.05) is 18.2 Å². The van der Waals surface area contributed by atoms with Gasteiger partial charge in [-0.25, -0.2) is 0 Å². The van der Waals surface area contributed by atoms with Crippen LogP contribution < -0.4 is 11.1 Å². The van der Waals surface area contributed by atoms with E-state index in [0.717, 1.165) is 18.5 Å². The van der Waals surface area contributed by atoms with Crippen LogP contribution in [0.4, 0.5) is 5.69 Å². The summed E-state index contributed by atoms with van der Waals surface area (Å²) in [4.78, 5) is 12.1. The van der Waals surface area contributed by atoms with Crippen molar-refractivity contribution in [1.82, 2.24) is 0 Å². The summed E-state index contributed by atoms with van der Waals surface area (Å²) in [7, 11) is 0. The molecule has 0 atom stereocenters. The zero-order valence-electron chi connectivity index (χ0n) is 11.4. The van der Waals surface area contributed by atoms with E-state index in [1.165, 1.54) is 5.56 Å². The van der Waals surface area contributed by atoms with Gasteiger partial charge in [0, 0.05) is 17.6 Å². The predicted octanol–water partition coefficient (Wildman–Crippen LogP) is 2.66. The van der Waals surface area contributed by atoms with Crippen molar-refractivity contribution >= 4 is 11.6 Å². The van der Waals surface area contributed by atoms with Gasteiger partial charge in [-0.3, -0.25) is 4.79 Å². The summed E-state index contributed by atoms with van der Waals surface area (Å²) in [5.41, 5.74) is 7.84. The molecule has 1 amide bonds. The van der Waals surface area contributed by atoms with Crippen LogP contribution in [0, 0.1) is 5.92 Å². The summed E-state index contributed by atoms with van der Waals surface area (Å²) in [5, 5.41) is 3.05. The van der Waals surface area contributed by atoms with Gasteiger partial charge in [-0.2, -0.15) is 0 Å². The number of hydrogen-bond donors (Lipinski definition) is 2. The van der Waals surface area contributed by atoms with Gasteiger partial charge in [0.05, 0.1) is 0 Å². The highest BCUT2D eigenvalue weighted by molar-refractivity contribution is 5.94. The standard InChI is InChI=1S/C15H22N2O/c1-15(2,3)12-6-4-5-7-13(12)17-14(18)10-8-11(16)9-10/h4-7,10-11H,8-9,16H2,1-3H3,(H,17,18). The van der Waals surface area contributed by atoms with E-state index in [2.05, 4.69) is 32.2 Å². The van der Waals surface area contributed by atoms with Crippen molar-refractivity contribution in [2.45, 2.75) is 45.1 Å². The molecule has 0 aromatic heterocycles. The molecule has 0 saturated heterocycles. The van der Waals surface area contributed by atoms with E-state index in [0.29, 0.717) is 0 Å². The summed E-state index contributed by atoms with van der Waals surface area (Å²) < 4.78 is 0. The molecule has 3 nitrogen and oxygen atoms in total. The van der Waals surface area contributed by atoms with E-state index in [4.69, 9.17) is 5.73 Å². The molecule has 18 heavy (non-hydrogen) atoms. The second-order valence-electron chi connectivity index (χ2n) is 6.21. The number of hydrogen-bond acceptors (Lipinski definition) is 2. The number of carbonyl (C=O) groups is 1. The van der Waals surface area contributed by atoms with Crippen molar-refractivity contribution in [1.29, 1.82) is 0 Å². The van der Waals surface area contributed by atoms with Gasteiger partial charge >= 0.3 is 0 Å². The monoisotopic (exact) mass is 246 g/mol. The lowest BCUT2D eigenvalue weighted by atomic mass is 9.80. The molecule has 1 aromatic carbocycles. The van der Waals surface area contributed by atoms with Crippen LogP contribution in [-0.2, 0) is 10.2 Å². The second-order valence-corrected chi connectivity index (χ2v) is 6.21. The number of para-hydroxylation sites is 1. The Morgan fingerprint density at radius 3 is 2.44 bits per heavy atom. The van der Waals surface area contributed by atoms with E-state index in [1.54, 1.807) is 0 Å². The number of nitrogens with one attached hydrogen (secondary N) is 1. The smallest absolute Gasteiger partial charge is 0.227 e. The molecule has 0 aliphatic heterocycles. The van der Waals surface area contributed by atoms with Crippen LogP contribution in [0.1, 0.15) is 39.2 Å². The van der Waals surface area contributed by atoms with Gasteiger partial charge in [-0.15, -0.1) is 0 Å². The number of carbonyl (C=O) groups excluding carboxylic acids is 1. The van der Waals surface area contributed by atoms with Crippen LogP contribution in [-0.4, -0.2) is 11.9 Å². The first-order valence-electron chi connectivity index (χ1n) is 6.54. The van der Waals surface area contributed by atoms with Crippen LogP contribution in [0.3, 0.4) is 0 Å². The highest BCUT2D eigenvalue weighted by Crippen LogP contribution is 2.31. The Bertz CT molecular complexity index is 442. The first-order chi connectivity index (χ1) is 8.38. The molecule has 3 heteroatoms. The Hall–Kier alpha value is -1.35. The zero-order valence-corrected chi connectivity index (χ0v) is 11.4. The number of benzene rings is 1. The minimum Gasteiger partial charge on any atom is -0.328 e. The first kappa shape index (κ1) is 13.1. The van der Waals surface area contributed by atoms with Crippen molar-refractivity contribution in [3.63, 3.8) is 0 Å². The predicted molar refractivity (Wildman–Crippen MR) is 74.5 cm³/mol. The number of nitrogens with two attached hydrogens (primary N) is 1. The molecular weight excluding hydrogens is 224 g/mol. The van der Waals surface area contributed by atoms with Crippen molar-refractivity contribution in [2.24, 2.45) is 11.7 Å². The van der Waals surface area contributed by atoms with Crippen molar-refractivity contribution in [3.05, 3.63) is 29.8 Å². The molecule has 0 radical (unpaired) electrons.